The lowest BCUT2D eigenvalue weighted by Crippen LogP contribution is -2.41. The molecule has 2 aliphatic heterocycles. The molecule has 0 bridgehead atoms. The monoisotopic (exact) mass is 418 g/mol. The van der Waals surface area contributed by atoms with Crippen LogP contribution in [-0.2, 0) is 11.2 Å². The van der Waals surface area contributed by atoms with E-state index in [-0.39, 0.29) is 6.10 Å². The molecule has 1 unspecified atom stereocenters. The number of allylic oxidation sites excluding steroid dienone is 1. The molecule has 0 aliphatic carbocycles. The topological polar surface area (TPSA) is 49.4 Å². The number of fused-ring (bicyclic) bond motifs is 1. The van der Waals surface area contributed by atoms with Crippen molar-refractivity contribution in [1.29, 1.82) is 0 Å². The molecule has 31 heavy (non-hydrogen) atoms. The first-order valence-corrected chi connectivity index (χ1v) is 11.5. The second-order valence-corrected chi connectivity index (χ2v) is 8.43. The first kappa shape index (κ1) is 21.4. The molecule has 5 heteroatoms. The fraction of sp³-hybridized carbons (Fsp3) is 0.423. The molecule has 164 valence electrons. The summed E-state index contributed by atoms with van der Waals surface area (Å²) in [5.74, 6) is 0.921. The van der Waals surface area contributed by atoms with E-state index in [9.17, 15) is 0 Å². The number of morpholine rings is 1. The molecule has 1 saturated heterocycles. The van der Waals surface area contributed by atoms with Gasteiger partial charge in [0.2, 0.25) is 0 Å². The minimum Gasteiger partial charge on any atom is -0.375 e. The number of rotatable bonds is 6. The molecule has 0 spiro atoms. The molecule has 2 aliphatic rings. The van der Waals surface area contributed by atoms with Crippen LogP contribution in [0.25, 0.3) is 11.8 Å². The van der Waals surface area contributed by atoms with Crippen molar-refractivity contribution in [3.63, 3.8) is 0 Å². The normalized spacial score (nSPS) is 19.3. The highest BCUT2D eigenvalue weighted by molar-refractivity contribution is 5.85. The first-order chi connectivity index (χ1) is 15.1. The number of pyridine rings is 1. The highest BCUT2D eigenvalue weighted by Gasteiger charge is 2.20. The van der Waals surface area contributed by atoms with Crippen LogP contribution in [0.5, 0.6) is 0 Å². The van der Waals surface area contributed by atoms with Crippen molar-refractivity contribution >= 4 is 29.0 Å². The van der Waals surface area contributed by atoms with Crippen molar-refractivity contribution in [1.82, 2.24) is 10.3 Å². The lowest BCUT2D eigenvalue weighted by Gasteiger charge is -2.34. The zero-order valence-electron chi connectivity index (χ0n) is 19.2. The van der Waals surface area contributed by atoms with Gasteiger partial charge in [-0.25, -0.2) is 4.98 Å². The summed E-state index contributed by atoms with van der Waals surface area (Å²) in [7, 11) is 0. The molecule has 0 saturated carbocycles. The van der Waals surface area contributed by atoms with E-state index in [2.05, 4.69) is 79.6 Å². The van der Waals surface area contributed by atoms with Crippen molar-refractivity contribution in [3.05, 3.63) is 58.9 Å². The zero-order chi connectivity index (χ0) is 21.8. The van der Waals surface area contributed by atoms with E-state index in [4.69, 9.17) is 9.72 Å². The second-order valence-electron chi connectivity index (χ2n) is 8.43. The van der Waals surface area contributed by atoms with Gasteiger partial charge >= 0.3 is 0 Å². The maximum absolute atomic E-state index is 5.71. The summed E-state index contributed by atoms with van der Waals surface area (Å²) in [5.41, 5.74) is 8.22. The van der Waals surface area contributed by atoms with E-state index in [0.29, 0.717) is 0 Å². The molecular formula is C26H34N4O. The standard InChI is InChI=1S/C26H34N4O/c1-5-7-21-16-20-11-12-27-23(8-6-2)25(20)26(28-21)29-22-9-10-24(18(3)15-22)30-13-14-31-19(4)17-30/h8-12,15-16,19,27H,5-7,13-14,17H2,1-4H3,(H,28,29)/b23-8-. The van der Waals surface area contributed by atoms with Gasteiger partial charge in [0, 0.05) is 47.6 Å². The molecule has 4 rings (SSSR count). The lowest BCUT2D eigenvalue weighted by molar-refractivity contribution is 0.0532. The summed E-state index contributed by atoms with van der Waals surface area (Å²) in [4.78, 5) is 7.43. The Balaban J connectivity index is 1.67. The van der Waals surface area contributed by atoms with E-state index < -0.39 is 0 Å². The first-order valence-electron chi connectivity index (χ1n) is 11.5. The number of hydrogen-bond donors (Lipinski definition) is 2. The van der Waals surface area contributed by atoms with Gasteiger partial charge in [-0.15, -0.1) is 0 Å². The van der Waals surface area contributed by atoms with Gasteiger partial charge in [-0.1, -0.05) is 26.3 Å². The highest BCUT2D eigenvalue weighted by Crippen LogP contribution is 2.33. The van der Waals surface area contributed by atoms with Crippen LogP contribution < -0.4 is 15.5 Å². The maximum atomic E-state index is 5.71. The summed E-state index contributed by atoms with van der Waals surface area (Å²) in [6.45, 7) is 11.3. The third-order valence-corrected chi connectivity index (χ3v) is 5.83. The fourth-order valence-corrected chi connectivity index (χ4v) is 4.43. The predicted molar refractivity (Wildman–Crippen MR) is 131 cm³/mol. The second kappa shape index (κ2) is 9.56. The third kappa shape index (κ3) is 4.77. The number of aromatic nitrogens is 1. The average molecular weight is 419 g/mol. The van der Waals surface area contributed by atoms with Crippen molar-refractivity contribution in [3.8, 4) is 0 Å². The van der Waals surface area contributed by atoms with Crippen molar-refractivity contribution < 1.29 is 4.74 Å². The Morgan fingerprint density at radius 1 is 1.29 bits per heavy atom. The summed E-state index contributed by atoms with van der Waals surface area (Å²) in [6, 6.07) is 8.83. The van der Waals surface area contributed by atoms with Crippen LogP contribution >= 0.6 is 0 Å². The van der Waals surface area contributed by atoms with Gasteiger partial charge in [0.05, 0.1) is 12.7 Å². The quantitative estimate of drug-likeness (QED) is 0.636. The Bertz CT molecular complexity index is 995. The number of nitrogens with zero attached hydrogens (tertiary/aromatic N) is 2. The molecular weight excluding hydrogens is 384 g/mol. The van der Waals surface area contributed by atoms with Gasteiger partial charge in [-0.3, -0.25) is 0 Å². The smallest absolute Gasteiger partial charge is 0.140 e. The zero-order valence-corrected chi connectivity index (χ0v) is 19.2. The van der Waals surface area contributed by atoms with Gasteiger partial charge in [0.25, 0.3) is 0 Å². The summed E-state index contributed by atoms with van der Waals surface area (Å²) in [5, 5.41) is 7.03. The molecule has 0 amide bonds. The highest BCUT2D eigenvalue weighted by atomic mass is 16.5. The minimum absolute atomic E-state index is 0.271. The van der Waals surface area contributed by atoms with Crippen LogP contribution in [0.2, 0.25) is 0 Å². The molecule has 1 fully saturated rings. The van der Waals surface area contributed by atoms with Crippen molar-refractivity contribution in [2.24, 2.45) is 0 Å². The van der Waals surface area contributed by atoms with E-state index >= 15 is 0 Å². The SMILES string of the molecule is CC/C=C1\NC=Cc2cc(CCC)nc(Nc3ccc(N4CCOC(C)C4)c(C)c3)c21. The molecule has 3 heterocycles. The molecule has 2 aromatic rings. The Morgan fingerprint density at radius 2 is 2.16 bits per heavy atom. The lowest BCUT2D eigenvalue weighted by atomic mass is 9.99. The van der Waals surface area contributed by atoms with Crippen LogP contribution in [0.1, 0.15) is 56.0 Å². The van der Waals surface area contributed by atoms with Crippen LogP contribution in [0.4, 0.5) is 17.2 Å². The van der Waals surface area contributed by atoms with E-state index in [1.54, 1.807) is 0 Å². The van der Waals surface area contributed by atoms with Gasteiger partial charge < -0.3 is 20.3 Å². The molecule has 5 nitrogen and oxygen atoms in total. The predicted octanol–water partition coefficient (Wildman–Crippen LogP) is 5.64. The Hall–Kier alpha value is -2.79. The number of aryl methyl sites for hydroxylation is 2. The molecule has 1 aromatic heterocycles. The van der Waals surface area contributed by atoms with E-state index in [1.165, 1.54) is 16.8 Å². The van der Waals surface area contributed by atoms with E-state index in [0.717, 1.165) is 67.4 Å². The number of benzene rings is 1. The van der Waals surface area contributed by atoms with Crippen LogP contribution in [0.15, 0.2) is 36.5 Å². The minimum atomic E-state index is 0.271. The maximum Gasteiger partial charge on any atom is 0.140 e. The Kier molecular flexibility index (Phi) is 6.62. The van der Waals surface area contributed by atoms with Crippen LogP contribution in [0.3, 0.4) is 0 Å². The largest absolute Gasteiger partial charge is 0.375 e. The van der Waals surface area contributed by atoms with Gasteiger partial charge in [0.15, 0.2) is 0 Å². The van der Waals surface area contributed by atoms with Gasteiger partial charge in [-0.2, -0.15) is 0 Å². The summed E-state index contributed by atoms with van der Waals surface area (Å²) in [6.07, 6.45) is 9.68. The fourth-order valence-electron chi connectivity index (χ4n) is 4.43. The molecule has 2 N–H and O–H groups in total. The number of anilines is 3. The summed E-state index contributed by atoms with van der Waals surface area (Å²) >= 11 is 0. The average Bonchev–Trinajstić information content (AvgIpc) is 2.74. The molecule has 1 aromatic carbocycles. The molecule has 0 radical (unpaired) electrons. The Morgan fingerprint density at radius 3 is 2.90 bits per heavy atom. The molecule has 1 atom stereocenters. The van der Waals surface area contributed by atoms with Crippen LogP contribution in [-0.4, -0.2) is 30.8 Å². The van der Waals surface area contributed by atoms with Gasteiger partial charge in [-0.05, 0) is 68.2 Å². The van der Waals surface area contributed by atoms with Gasteiger partial charge in [0.1, 0.15) is 5.82 Å². The number of nitrogens with one attached hydrogen (secondary N) is 2. The van der Waals surface area contributed by atoms with Crippen molar-refractivity contribution in [2.45, 2.75) is 53.1 Å². The third-order valence-electron chi connectivity index (χ3n) is 5.83. The number of ether oxygens (including phenoxy) is 1. The van der Waals surface area contributed by atoms with E-state index in [1.807, 2.05) is 6.20 Å². The summed E-state index contributed by atoms with van der Waals surface area (Å²) < 4.78 is 5.71. The van der Waals surface area contributed by atoms with Crippen molar-refractivity contribution in [2.75, 3.05) is 29.9 Å². The van der Waals surface area contributed by atoms with Crippen LogP contribution in [0, 0.1) is 6.92 Å². The number of hydrogen-bond acceptors (Lipinski definition) is 5. The Labute approximate surface area is 186 Å².